The minimum absolute atomic E-state index is 0.0170. The number of nitrogens with one attached hydrogen (secondary N) is 1. The van der Waals surface area contributed by atoms with Gasteiger partial charge in [-0.25, -0.2) is 13.2 Å². The van der Waals surface area contributed by atoms with Crippen LogP contribution in [0.1, 0.15) is 44.1 Å². The second-order valence-corrected chi connectivity index (χ2v) is 14.4. The molecule has 4 aliphatic rings. The third kappa shape index (κ3) is 4.48. The minimum Gasteiger partial charge on any atom is -0.461 e. The number of nitrogens with zero attached hydrogens (tertiary/aromatic N) is 5. The smallest absolute Gasteiger partial charge is 0.319 e. The Hall–Kier alpha value is -3.86. The van der Waals surface area contributed by atoms with Crippen LogP contribution in [0.15, 0.2) is 18.2 Å². The number of nitriles is 1. The Labute approximate surface area is 271 Å². The molecule has 0 bridgehead atoms. The number of amides is 1. The monoisotopic (exact) mass is 667 g/mol. The van der Waals surface area contributed by atoms with E-state index in [1.165, 1.54) is 12.1 Å². The van der Waals surface area contributed by atoms with Crippen LogP contribution in [0.3, 0.4) is 0 Å². The van der Waals surface area contributed by atoms with Crippen molar-refractivity contribution in [3.05, 3.63) is 40.4 Å². The lowest BCUT2D eigenvalue weighted by Gasteiger charge is -2.49. The van der Waals surface area contributed by atoms with Gasteiger partial charge in [-0.15, -0.1) is 11.3 Å². The van der Waals surface area contributed by atoms with Crippen LogP contribution >= 0.6 is 22.9 Å². The first kappa shape index (κ1) is 29.5. The van der Waals surface area contributed by atoms with E-state index in [2.05, 4.69) is 15.2 Å². The Morgan fingerprint density at radius 2 is 2.04 bits per heavy atom. The predicted octanol–water partition coefficient (Wildman–Crippen LogP) is 5.71. The van der Waals surface area contributed by atoms with E-state index in [1.807, 2.05) is 11.0 Å². The molecule has 3 N–H and O–H groups in total. The molecular formula is C32H29ClF3N7O2S. The first-order valence-electron chi connectivity index (χ1n) is 15.3. The molecule has 3 atom stereocenters. The van der Waals surface area contributed by atoms with E-state index in [-0.39, 0.29) is 60.8 Å². The fourth-order valence-corrected chi connectivity index (χ4v) is 9.26. The molecule has 2 aromatic heterocycles. The van der Waals surface area contributed by atoms with Gasteiger partial charge in [0, 0.05) is 42.4 Å². The summed E-state index contributed by atoms with van der Waals surface area (Å²) in [5.41, 5.74) is 5.32. The molecule has 46 heavy (non-hydrogen) atoms. The molecule has 4 fully saturated rings. The summed E-state index contributed by atoms with van der Waals surface area (Å²) in [6.45, 7) is 2.36. The third-order valence-corrected chi connectivity index (χ3v) is 11.4. The first-order chi connectivity index (χ1) is 22.1. The van der Waals surface area contributed by atoms with Gasteiger partial charge in [0.05, 0.1) is 32.8 Å². The standard InChI is InChI=1S/C32H29ClF3N7O2S/c33-20-9-18-26(25(36)24(20)17-3-4-21(35)27-23(17)19(12-37)28(38)46-27)39-30(45-15-32-6-2-8-43(32)13-16(34)10-32)40-29(18)42-7-1-5-31(14-42)11-22(44)41-31/h3-4,9,16H,1-2,5-8,10-11,13-15,38H2,(H,41,44)/t16-,31?,32+/m1/s1. The highest BCUT2D eigenvalue weighted by Gasteiger charge is 2.50. The zero-order chi connectivity index (χ0) is 32.0. The summed E-state index contributed by atoms with van der Waals surface area (Å²) in [7, 11) is 0. The van der Waals surface area contributed by atoms with Crippen molar-refractivity contribution in [2.75, 3.05) is 43.4 Å². The summed E-state index contributed by atoms with van der Waals surface area (Å²) >= 11 is 7.74. The molecule has 4 saturated heterocycles. The number of hydrogen-bond donors (Lipinski definition) is 2. The first-order valence-corrected chi connectivity index (χ1v) is 16.5. The van der Waals surface area contributed by atoms with Crippen LogP contribution in [0, 0.1) is 23.0 Å². The van der Waals surface area contributed by atoms with Crippen molar-refractivity contribution in [3.8, 4) is 23.2 Å². The number of ether oxygens (including phenoxy) is 1. The van der Waals surface area contributed by atoms with Crippen LogP contribution in [-0.2, 0) is 4.79 Å². The quantitative estimate of drug-likeness (QED) is 0.260. The number of hydrogen-bond acceptors (Lipinski definition) is 9. The number of rotatable bonds is 5. The zero-order valence-electron chi connectivity index (χ0n) is 24.6. The lowest BCUT2D eigenvalue weighted by molar-refractivity contribution is -0.133. The van der Waals surface area contributed by atoms with E-state index < -0.39 is 28.9 Å². The zero-order valence-corrected chi connectivity index (χ0v) is 26.2. The number of aromatic nitrogens is 2. The van der Waals surface area contributed by atoms with E-state index in [4.69, 9.17) is 27.1 Å². The van der Waals surface area contributed by atoms with E-state index >= 15 is 4.39 Å². The van der Waals surface area contributed by atoms with Gasteiger partial charge in [-0.3, -0.25) is 9.69 Å². The maximum Gasteiger partial charge on any atom is 0.319 e. The highest BCUT2D eigenvalue weighted by Crippen LogP contribution is 2.46. The van der Waals surface area contributed by atoms with Gasteiger partial charge < -0.3 is 20.7 Å². The van der Waals surface area contributed by atoms with Crippen LogP contribution in [0.2, 0.25) is 5.02 Å². The maximum atomic E-state index is 16.9. The number of fused-ring (bicyclic) bond motifs is 3. The predicted molar refractivity (Wildman–Crippen MR) is 170 cm³/mol. The molecule has 4 aromatic rings. The van der Waals surface area contributed by atoms with E-state index in [1.54, 1.807) is 6.07 Å². The topological polar surface area (TPSA) is 120 Å². The summed E-state index contributed by atoms with van der Waals surface area (Å²) in [6, 6.07) is 6.12. The van der Waals surface area contributed by atoms with Crippen molar-refractivity contribution in [2.24, 2.45) is 0 Å². The van der Waals surface area contributed by atoms with Crippen molar-refractivity contribution in [3.63, 3.8) is 0 Å². The molecule has 6 heterocycles. The van der Waals surface area contributed by atoms with Gasteiger partial charge >= 0.3 is 6.01 Å². The highest BCUT2D eigenvalue weighted by molar-refractivity contribution is 7.23. The maximum absolute atomic E-state index is 16.9. The Bertz CT molecular complexity index is 1990. The summed E-state index contributed by atoms with van der Waals surface area (Å²) in [5.74, 6) is -0.979. The van der Waals surface area contributed by atoms with E-state index in [0.29, 0.717) is 43.7 Å². The van der Waals surface area contributed by atoms with E-state index in [9.17, 15) is 18.8 Å². The summed E-state index contributed by atoms with van der Waals surface area (Å²) < 4.78 is 52.6. The van der Waals surface area contributed by atoms with E-state index in [0.717, 1.165) is 43.6 Å². The molecular weight excluding hydrogens is 639 g/mol. The van der Waals surface area contributed by atoms with Gasteiger partial charge in [0.1, 0.15) is 41.0 Å². The van der Waals surface area contributed by atoms with Crippen LogP contribution in [0.25, 0.3) is 32.1 Å². The lowest BCUT2D eigenvalue weighted by Crippen LogP contribution is -2.68. The normalized spacial score (nSPS) is 26.0. The average molecular weight is 668 g/mol. The van der Waals surface area contributed by atoms with Crippen molar-refractivity contribution in [1.29, 1.82) is 5.26 Å². The van der Waals surface area contributed by atoms with Gasteiger partial charge in [0.25, 0.3) is 0 Å². The minimum atomic E-state index is -0.946. The molecule has 9 nitrogen and oxygen atoms in total. The Balaban J connectivity index is 1.28. The molecule has 1 unspecified atom stereocenters. The number of thiophene rings is 1. The Kier molecular flexibility index (Phi) is 6.80. The van der Waals surface area contributed by atoms with Gasteiger partial charge in [-0.05, 0) is 49.9 Å². The second kappa shape index (κ2) is 10.6. The summed E-state index contributed by atoms with van der Waals surface area (Å²) in [5, 5.41) is 13.5. The van der Waals surface area contributed by atoms with Crippen molar-refractivity contribution in [1.82, 2.24) is 20.2 Å². The number of halogens is 4. The summed E-state index contributed by atoms with van der Waals surface area (Å²) in [4.78, 5) is 25.3. The van der Waals surface area contributed by atoms with Crippen LogP contribution in [-0.4, -0.2) is 70.8 Å². The number of nitrogens with two attached hydrogens (primary N) is 1. The molecule has 1 spiro atoms. The van der Waals surface area contributed by atoms with Crippen molar-refractivity contribution in [2.45, 2.75) is 55.8 Å². The molecule has 1 amide bonds. The second-order valence-electron chi connectivity index (χ2n) is 12.9. The molecule has 8 rings (SSSR count). The van der Waals surface area contributed by atoms with Crippen molar-refractivity contribution >= 4 is 60.7 Å². The van der Waals surface area contributed by atoms with Gasteiger partial charge in [0.15, 0.2) is 5.82 Å². The number of nitrogen functional groups attached to an aromatic ring is 1. The molecule has 14 heteroatoms. The molecule has 0 radical (unpaired) electrons. The average Bonchev–Trinajstić information content (AvgIpc) is 3.66. The summed E-state index contributed by atoms with van der Waals surface area (Å²) in [6.07, 6.45) is 3.10. The van der Waals surface area contributed by atoms with Gasteiger partial charge in [-0.1, -0.05) is 17.7 Å². The number of benzene rings is 2. The fourth-order valence-electron chi connectivity index (χ4n) is 8.01. The number of alkyl halides is 1. The number of carbonyl (C=O) groups is 1. The molecule has 2 aromatic carbocycles. The largest absolute Gasteiger partial charge is 0.461 e. The number of carbonyl (C=O) groups excluding carboxylic acids is 1. The fraction of sp³-hybridized carbons (Fsp3) is 0.438. The number of β-lactam (4-membered cyclic amide) rings is 1. The van der Waals surface area contributed by atoms with Crippen LogP contribution < -0.4 is 20.7 Å². The van der Waals surface area contributed by atoms with Crippen LogP contribution in [0.4, 0.5) is 24.0 Å². The number of piperidine rings is 1. The highest BCUT2D eigenvalue weighted by atomic mass is 35.5. The molecule has 0 aliphatic carbocycles. The van der Waals surface area contributed by atoms with Crippen molar-refractivity contribution < 1.29 is 22.7 Å². The van der Waals surface area contributed by atoms with Crippen LogP contribution in [0.5, 0.6) is 6.01 Å². The Morgan fingerprint density at radius 1 is 1.24 bits per heavy atom. The molecule has 4 aliphatic heterocycles. The SMILES string of the molecule is N#Cc1c(N)sc2c(F)ccc(-c3c(Cl)cc4c(N5CCCC6(CC(=O)N6)C5)nc(OC[C@@]56CCCN5C[C@H](F)C6)nc4c3F)c12. The number of anilines is 2. The lowest BCUT2D eigenvalue weighted by atomic mass is 9.79. The molecule has 0 saturated carbocycles. The van der Waals surface area contributed by atoms with Gasteiger partial charge in [0.2, 0.25) is 5.91 Å². The Morgan fingerprint density at radius 3 is 2.83 bits per heavy atom. The molecule has 238 valence electrons. The van der Waals surface area contributed by atoms with Gasteiger partial charge in [-0.2, -0.15) is 15.2 Å². The third-order valence-electron chi connectivity index (χ3n) is 10.1.